The van der Waals surface area contributed by atoms with Crippen molar-refractivity contribution >= 4 is 22.9 Å². The largest absolute Gasteiger partial charge is 0.352 e. The molecule has 2 fully saturated rings. The summed E-state index contributed by atoms with van der Waals surface area (Å²) in [5.41, 5.74) is 4.70. The molecule has 1 unspecified atom stereocenters. The minimum absolute atomic E-state index is 0.0111. The van der Waals surface area contributed by atoms with Crippen molar-refractivity contribution in [1.29, 1.82) is 0 Å². The number of aromatic nitrogens is 3. The first-order chi connectivity index (χ1) is 16.1. The number of nitrogens with zero attached hydrogens (tertiary/aromatic N) is 2. The lowest BCUT2D eigenvalue weighted by Crippen LogP contribution is -2.38. The summed E-state index contributed by atoms with van der Waals surface area (Å²) in [6.07, 6.45) is 10.2. The molecule has 4 aromatic rings. The molecule has 33 heavy (non-hydrogen) atoms. The maximum Gasteiger partial charge on any atom is 0.251 e. The topological polar surface area (TPSA) is 91.3 Å². The number of carbonyl (C=O) groups excluding carboxylic acids is 1. The first kappa shape index (κ1) is 19.8. The summed E-state index contributed by atoms with van der Waals surface area (Å²) in [6, 6.07) is 15.2. The zero-order valence-corrected chi connectivity index (χ0v) is 18.1. The lowest BCUT2D eigenvalue weighted by Gasteiger charge is -2.22. The highest BCUT2D eigenvalue weighted by molar-refractivity contribution is 5.95. The summed E-state index contributed by atoms with van der Waals surface area (Å²) in [6.45, 7) is 0. The maximum absolute atomic E-state index is 12.7. The summed E-state index contributed by atoms with van der Waals surface area (Å²) in [5.74, 6) is 1.48. The number of hydrogen-bond acceptors (Lipinski definition) is 4. The number of amides is 1. The van der Waals surface area contributed by atoms with Gasteiger partial charge in [0.15, 0.2) is 5.65 Å². The second-order valence-electron chi connectivity index (χ2n) is 9.15. The van der Waals surface area contributed by atoms with Crippen molar-refractivity contribution in [2.75, 3.05) is 5.32 Å². The van der Waals surface area contributed by atoms with Gasteiger partial charge in [0, 0.05) is 47.5 Å². The molecule has 2 aliphatic rings. The van der Waals surface area contributed by atoms with Crippen LogP contribution in [-0.4, -0.2) is 26.3 Å². The van der Waals surface area contributed by atoms with Crippen molar-refractivity contribution in [2.24, 2.45) is 11.8 Å². The predicted octanol–water partition coefficient (Wildman–Crippen LogP) is 4.35. The van der Waals surface area contributed by atoms with Gasteiger partial charge >= 0.3 is 0 Å². The molecule has 0 aliphatic heterocycles. The number of rotatable bonds is 5. The summed E-state index contributed by atoms with van der Waals surface area (Å²) >= 11 is 0. The number of fused-ring (bicyclic) bond motifs is 3. The Balaban J connectivity index is 1.20. The van der Waals surface area contributed by atoms with Gasteiger partial charge in [-0.25, -0.2) is 4.98 Å². The van der Waals surface area contributed by atoms with Crippen LogP contribution in [0.25, 0.3) is 16.9 Å². The molecule has 3 aromatic heterocycles. The zero-order valence-electron chi connectivity index (χ0n) is 18.1. The van der Waals surface area contributed by atoms with Gasteiger partial charge in [0.05, 0.1) is 11.4 Å². The molecule has 2 saturated carbocycles. The first-order valence-electron chi connectivity index (χ1n) is 11.5. The van der Waals surface area contributed by atoms with E-state index < -0.39 is 0 Å². The third kappa shape index (κ3) is 3.69. The van der Waals surface area contributed by atoms with Gasteiger partial charge in [0.1, 0.15) is 0 Å². The Bertz CT molecular complexity index is 1390. The fourth-order valence-corrected chi connectivity index (χ4v) is 5.48. The average molecular weight is 440 g/mol. The SMILES string of the molecule is O=C(NC1C[C@@H]2CC[C@H]1C2)c1ccc(Nc2ccc(-c3cc[nH]c(=O)c3)n3ccnc23)cc1. The van der Waals surface area contributed by atoms with Gasteiger partial charge in [0.2, 0.25) is 5.56 Å². The van der Waals surface area contributed by atoms with E-state index >= 15 is 0 Å². The van der Waals surface area contributed by atoms with Crippen LogP contribution in [0.2, 0.25) is 0 Å². The van der Waals surface area contributed by atoms with E-state index in [1.807, 2.05) is 53.1 Å². The third-order valence-electron chi connectivity index (χ3n) is 7.10. The Kier molecular flexibility index (Phi) is 4.75. The van der Waals surface area contributed by atoms with Gasteiger partial charge in [-0.05, 0) is 73.6 Å². The van der Waals surface area contributed by atoms with E-state index in [-0.39, 0.29) is 11.5 Å². The average Bonchev–Trinajstić information content (AvgIpc) is 3.57. The van der Waals surface area contributed by atoms with Gasteiger partial charge in [0.25, 0.3) is 5.91 Å². The lowest BCUT2D eigenvalue weighted by atomic mass is 9.95. The Morgan fingerprint density at radius 1 is 1.06 bits per heavy atom. The van der Waals surface area contributed by atoms with Crippen molar-refractivity contribution in [3.05, 3.63) is 83.0 Å². The van der Waals surface area contributed by atoms with E-state index in [0.717, 1.165) is 40.6 Å². The standard InChI is InChI=1S/C26H25N5O2/c32-24-15-19(9-10-27-24)23-8-7-21(25-28-11-12-31(23)25)29-20-5-3-17(4-6-20)26(33)30-22-14-16-1-2-18(22)13-16/h3-12,15-16,18,22,29H,1-2,13-14H2,(H,27,32)(H,30,33)/t16-,18+,22?/m1/s1. The fourth-order valence-electron chi connectivity index (χ4n) is 5.48. The van der Waals surface area contributed by atoms with Crippen LogP contribution in [0, 0.1) is 11.8 Å². The summed E-state index contributed by atoms with van der Waals surface area (Å²) in [5, 5.41) is 6.65. The van der Waals surface area contributed by atoms with Crippen LogP contribution in [0.15, 0.2) is 71.9 Å². The number of benzene rings is 1. The molecular weight excluding hydrogens is 414 g/mol. The molecule has 1 amide bonds. The summed E-state index contributed by atoms with van der Waals surface area (Å²) in [7, 11) is 0. The highest BCUT2D eigenvalue weighted by Crippen LogP contribution is 2.44. The number of imidazole rings is 1. The van der Waals surface area contributed by atoms with Crippen LogP contribution in [0.1, 0.15) is 36.0 Å². The molecule has 166 valence electrons. The molecule has 3 heterocycles. The van der Waals surface area contributed by atoms with E-state index in [0.29, 0.717) is 17.5 Å². The highest BCUT2D eigenvalue weighted by atomic mass is 16.1. The van der Waals surface area contributed by atoms with E-state index in [1.165, 1.54) is 19.3 Å². The normalized spacial score (nSPS) is 21.4. The molecule has 7 heteroatoms. The molecule has 2 bridgehead atoms. The molecule has 7 nitrogen and oxygen atoms in total. The van der Waals surface area contributed by atoms with E-state index in [1.54, 1.807) is 18.5 Å². The molecular formula is C26H25N5O2. The quantitative estimate of drug-likeness (QED) is 0.431. The number of H-pyrrole nitrogens is 1. The Morgan fingerprint density at radius 3 is 2.70 bits per heavy atom. The van der Waals surface area contributed by atoms with Gasteiger partial charge in [-0.15, -0.1) is 0 Å². The second-order valence-corrected chi connectivity index (χ2v) is 9.15. The molecule has 3 atom stereocenters. The van der Waals surface area contributed by atoms with Crippen LogP contribution >= 0.6 is 0 Å². The van der Waals surface area contributed by atoms with E-state index in [4.69, 9.17) is 0 Å². The lowest BCUT2D eigenvalue weighted by molar-refractivity contribution is 0.0923. The first-order valence-corrected chi connectivity index (χ1v) is 11.5. The van der Waals surface area contributed by atoms with Crippen molar-refractivity contribution in [3.63, 3.8) is 0 Å². The highest BCUT2D eigenvalue weighted by Gasteiger charge is 2.40. The molecule has 6 rings (SSSR count). The number of aromatic amines is 1. The van der Waals surface area contributed by atoms with E-state index in [2.05, 4.69) is 20.6 Å². The second kappa shape index (κ2) is 7.92. The van der Waals surface area contributed by atoms with Crippen LogP contribution in [-0.2, 0) is 0 Å². The number of hydrogen-bond donors (Lipinski definition) is 3. The van der Waals surface area contributed by atoms with Crippen molar-refractivity contribution in [3.8, 4) is 11.3 Å². The molecule has 3 N–H and O–H groups in total. The minimum Gasteiger partial charge on any atom is -0.352 e. The van der Waals surface area contributed by atoms with Crippen molar-refractivity contribution in [1.82, 2.24) is 19.7 Å². The number of nitrogens with one attached hydrogen (secondary N) is 3. The predicted molar refractivity (Wildman–Crippen MR) is 128 cm³/mol. The van der Waals surface area contributed by atoms with Crippen LogP contribution in [0.5, 0.6) is 0 Å². The summed E-state index contributed by atoms with van der Waals surface area (Å²) in [4.78, 5) is 31.6. The zero-order chi connectivity index (χ0) is 22.4. The van der Waals surface area contributed by atoms with E-state index in [9.17, 15) is 9.59 Å². The van der Waals surface area contributed by atoms with Crippen LogP contribution < -0.4 is 16.2 Å². The number of carbonyl (C=O) groups is 1. The molecule has 0 saturated heterocycles. The van der Waals surface area contributed by atoms with Crippen LogP contribution in [0.3, 0.4) is 0 Å². The monoisotopic (exact) mass is 439 g/mol. The van der Waals surface area contributed by atoms with Gasteiger partial charge in [-0.1, -0.05) is 6.42 Å². The third-order valence-corrected chi connectivity index (χ3v) is 7.10. The Hall–Kier alpha value is -3.87. The Labute approximate surface area is 190 Å². The van der Waals surface area contributed by atoms with Crippen LogP contribution in [0.4, 0.5) is 11.4 Å². The minimum atomic E-state index is -0.146. The van der Waals surface area contributed by atoms with Gasteiger partial charge < -0.3 is 15.6 Å². The number of pyridine rings is 2. The van der Waals surface area contributed by atoms with Gasteiger partial charge in [-0.3, -0.25) is 14.0 Å². The maximum atomic E-state index is 12.7. The molecule has 0 spiro atoms. The number of anilines is 2. The summed E-state index contributed by atoms with van der Waals surface area (Å²) < 4.78 is 1.95. The van der Waals surface area contributed by atoms with Gasteiger partial charge in [-0.2, -0.15) is 0 Å². The van der Waals surface area contributed by atoms with Crippen molar-refractivity contribution in [2.45, 2.75) is 31.7 Å². The fraction of sp³-hybridized carbons (Fsp3) is 0.269. The van der Waals surface area contributed by atoms with Crippen molar-refractivity contribution < 1.29 is 4.79 Å². The molecule has 0 radical (unpaired) electrons. The molecule has 2 aliphatic carbocycles. The smallest absolute Gasteiger partial charge is 0.251 e. The Morgan fingerprint density at radius 2 is 1.94 bits per heavy atom. The molecule has 1 aromatic carbocycles.